The van der Waals surface area contributed by atoms with Gasteiger partial charge < -0.3 is 14.6 Å². The molecular formula is C14H18N3O5+. The average molecular weight is 308 g/mol. The van der Waals surface area contributed by atoms with E-state index >= 15 is 0 Å². The van der Waals surface area contributed by atoms with Crippen LogP contribution in [0.3, 0.4) is 0 Å². The second kappa shape index (κ2) is 5.98. The maximum Gasteiger partial charge on any atom is 0.334 e. The third kappa shape index (κ3) is 2.67. The largest absolute Gasteiger partial charge is 0.342 e. The minimum Gasteiger partial charge on any atom is -0.342 e. The van der Waals surface area contributed by atoms with E-state index in [-0.39, 0.29) is 18.5 Å². The number of hydrogen-bond acceptors (Lipinski definition) is 5. The van der Waals surface area contributed by atoms with Crippen molar-refractivity contribution in [1.29, 1.82) is 0 Å². The van der Waals surface area contributed by atoms with Gasteiger partial charge in [-0.15, -0.1) is 0 Å². The van der Waals surface area contributed by atoms with Crippen LogP contribution in [0.2, 0.25) is 0 Å². The molecule has 1 aromatic heterocycles. The fourth-order valence-electron chi connectivity index (χ4n) is 2.80. The van der Waals surface area contributed by atoms with Crippen molar-refractivity contribution in [3.05, 3.63) is 33.6 Å². The van der Waals surface area contributed by atoms with Gasteiger partial charge in [0.15, 0.2) is 12.9 Å². The third-order valence-corrected chi connectivity index (χ3v) is 4.02. The molecular weight excluding hydrogens is 290 g/mol. The Balaban J connectivity index is 1.72. The highest BCUT2D eigenvalue weighted by atomic mass is 16.7. The summed E-state index contributed by atoms with van der Waals surface area (Å²) in [6.45, 7) is 2.43. The smallest absolute Gasteiger partial charge is 0.334 e. The molecule has 0 bridgehead atoms. The highest BCUT2D eigenvalue weighted by Crippen LogP contribution is 2.27. The Morgan fingerprint density at radius 3 is 3.00 bits per heavy atom. The van der Waals surface area contributed by atoms with Crippen molar-refractivity contribution in [1.82, 2.24) is 4.57 Å². The van der Waals surface area contributed by atoms with Crippen molar-refractivity contribution in [2.45, 2.75) is 44.7 Å². The molecule has 3 heterocycles. The van der Waals surface area contributed by atoms with Gasteiger partial charge in [0.1, 0.15) is 0 Å². The number of aryl methyl sites for hydroxylation is 1. The number of carbonyl (C=O) groups is 1. The number of nitroso groups, excluding NO2 is 1. The van der Waals surface area contributed by atoms with Crippen LogP contribution in [0.15, 0.2) is 23.1 Å². The Morgan fingerprint density at radius 2 is 2.23 bits per heavy atom. The van der Waals surface area contributed by atoms with Crippen molar-refractivity contribution in [3.8, 4) is 0 Å². The average Bonchev–Trinajstić information content (AvgIpc) is 2.99. The predicted molar refractivity (Wildman–Crippen MR) is 76.3 cm³/mol. The first-order valence-electron chi connectivity index (χ1n) is 7.30. The van der Waals surface area contributed by atoms with Crippen LogP contribution in [0.4, 0.5) is 5.69 Å². The lowest BCUT2D eigenvalue weighted by Crippen LogP contribution is -2.50. The minimum atomic E-state index is -0.815. The van der Waals surface area contributed by atoms with Gasteiger partial charge in [-0.05, 0) is 19.4 Å². The van der Waals surface area contributed by atoms with E-state index in [9.17, 15) is 14.5 Å². The number of anilines is 1. The van der Waals surface area contributed by atoms with Crippen LogP contribution in [-0.2, 0) is 20.8 Å². The molecule has 0 saturated carbocycles. The topological polar surface area (TPSA) is 89.6 Å². The molecule has 2 fully saturated rings. The second-order valence-corrected chi connectivity index (χ2v) is 5.36. The molecule has 3 atom stereocenters. The maximum absolute atomic E-state index is 12.3. The Kier molecular flexibility index (Phi) is 4.04. The standard InChI is InChI=1S/C14H17N3O5/c1-2-16-7-9(3-6-12(16)18)15-13(19)10-4-5-11-14(17(10)20)22-8-21-11/h3,6-7,10-11,14H,2,4-5,8H2,1H3/p+1. The minimum absolute atomic E-state index is 0.0872. The first-order valence-corrected chi connectivity index (χ1v) is 7.30. The Hall–Kier alpha value is -2.06. The molecule has 2 aliphatic heterocycles. The number of rotatable bonds is 3. The molecule has 0 aliphatic carbocycles. The molecule has 3 unspecified atom stereocenters. The van der Waals surface area contributed by atoms with Crippen LogP contribution < -0.4 is 10.9 Å². The number of fused-ring (bicyclic) bond motifs is 1. The van der Waals surface area contributed by atoms with Gasteiger partial charge in [0.25, 0.3) is 17.5 Å². The number of ether oxygens (including phenoxy) is 2. The molecule has 0 radical (unpaired) electrons. The summed E-state index contributed by atoms with van der Waals surface area (Å²) in [6.07, 6.45) is 1.61. The Morgan fingerprint density at radius 1 is 1.41 bits per heavy atom. The molecule has 0 aromatic carbocycles. The number of aromatic nitrogens is 1. The number of nitrogens with one attached hydrogen (secondary N) is 1. The first-order chi connectivity index (χ1) is 10.6. The molecule has 2 saturated heterocycles. The van der Waals surface area contributed by atoms with Crippen molar-refractivity contribution < 1.29 is 19.0 Å². The molecule has 8 heteroatoms. The van der Waals surface area contributed by atoms with Gasteiger partial charge in [0.05, 0.1) is 5.69 Å². The van der Waals surface area contributed by atoms with Crippen molar-refractivity contribution in [3.63, 3.8) is 0 Å². The van der Waals surface area contributed by atoms with E-state index in [2.05, 4.69) is 5.32 Å². The van der Waals surface area contributed by atoms with Crippen LogP contribution in [0, 0.1) is 4.91 Å². The summed E-state index contributed by atoms with van der Waals surface area (Å²) < 4.78 is 12.7. The molecule has 0 spiro atoms. The van der Waals surface area contributed by atoms with E-state index in [1.165, 1.54) is 16.7 Å². The van der Waals surface area contributed by atoms with Crippen LogP contribution in [0.1, 0.15) is 19.8 Å². The quantitative estimate of drug-likeness (QED) is 0.819. The summed E-state index contributed by atoms with van der Waals surface area (Å²) in [5, 5.41) is 2.69. The molecule has 8 nitrogen and oxygen atoms in total. The Bertz CT molecular complexity index is 656. The lowest BCUT2D eigenvalue weighted by Gasteiger charge is -2.21. The fourth-order valence-corrected chi connectivity index (χ4v) is 2.80. The van der Waals surface area contributed by atoms with Crippen LogP contribution in [0.5, 0.6) is 0 Å². The van der Waals surface area contributed by atoms with Gasteiger partial charge in [-0.1, -0.05) is 0 Å². The summed E-state index contributed by atoms with van der Waals surface area (Å²) in [4.78, 5) is 36.1. The van der Waals surface area contributed by atoms with E-state index in [0.717, 1.165) is 0 Å². The van der Waals surface area contributed by atoms with E-state index in [1.807, 2.05) is 6.92 Å². The van der Waals surface area contributed by atoms with Gasteiger partial charge >= 0.3 is 6.23 Å². The summed E-state index contributed by atoms with van der Waals surface area (Å²) in [7, 11) is 0. The van der Waals surface area contributed by atoms with Gasteiger partial charge in [-0.3, -0.25) is 14.3 Å². The maximum atomic E-state index is 12.3. The van der Waals surface area contributed by atoms with E-state index in [0.29, 0.717) is 29.8 Å². The van der Waals surface area contributed by atoms with Gasteiger partial charge in [0, 0.05) is 34.9 Å². The number of piperidine rings is 1. The lowest BCUT2D eigenvalue weighted by molar-refractivity contribution is -0.656. The van der Waals surface area contributed by atoms with Crippen LogP contribution >= 0.6 is 0 Å². The number of carbonyl (C=O) groups excluding carboxylic acids is 1. The molecule has 1 aromatic rings. The molecule has 1 N–H and O–H groups in total. The summed E-state index contributed by atoms with van der Waals surface area (Å²) in [5.74, 6) is -0.398. The highest BCUT2D eigenvalue weighted by Gasteiger charge is 2.52. The summed E-state index contributed by atoms with van der Waals surface area (Å²) >= 11 is 0. The normalized spacial score (nSPS) is 27.5. The zero-order valence-electron chi connectivity index (χ0n) is 12.2. The Labute approximate surface area is 126 Å². The molecule has 2 aliphatic rings. The molecule has 22 heavy (non-hydrogen) atoms. The molecule has 118 valence electrons. The summed E-state index contributed by atoms with van der Waals surface area (Å²) in [6, 6.07) is 2.10. The number of nitrogens with zero attached hydrogens (tertiary/aromatic N) is 2. The van der Waals surface area contributed by atoms with Crippen molar-refractivity contribution in [2.75, 3.05) is 12.1 Å². The zero-order chi connectivity index (χ0) is 15.7. The molecule has 1 amide bonds. The second-order valence-electron chi connectivity index (χ2n) is 5.36. The zero-order valence-corrected chi connectivity index (χ0v) is 12.2. The van der Waals surface area contributed by atoms with E-state index < -0.39 is 18.2 Å². The molecule has 3 rings (SSSR count). The highest BCUT2D eigenvalue weighted by molar-refractivity contribution is 5.93. The number of hydrogen-bond donors (Lipinski definition) is 1. The summed E-state index contributed by atoms with van der Waals surface area (Å²) in [5.41, 5.74) is 0.355. The van der Waals surface area contributed by atoms with Gasteiger partial charge in [-0.25, -0.2) is 0 Å². The van der Waals surface area contributed by atoms with Gasteiger partial charge in [0.2, 0.25) is 0 Å². The SMILES string of the molecule is CCn1cc(NC(=O)C2CCC3OCOC3[N+]2=O)ccc1=O. The van der Waals surface area contributed by atoms with E-state index in [4.69, 9.17) is 9.47 Å². The lowest BCUT2D eigenvalue weighted by atomic mass is 10.0. The van der Waals surface area contributed by atoms with E-state index in [1.54, 1.807) is 6.20 Å². The first kappa shape index (κ1) is 14.9. The third-order valence-electron chi connectivity index (χ3n) is 4.02. The fraction of sp³-hybridized carbons (Fsp3) is 0.571. The van der Waals surface area contributed by atoms with Gasteiger partial charge in [-0.2, -0.15) is 0 Å². The number of pyridine rings is 1. The monoisotopic (exact) mass is 308 g/mol. The van der Waals surface area contributed by atoms with Crippen LogP contribution in [0.25, 0.3) is 0 Å². The predicted octanol–water partition coefficient (Wildman–Crippen LogP) is 0.447. The van der Waals surface area contributed by atoms with Crippen molar-refractivity contribution >= 4 is 11.6 Å². The number of amides is 1. The van der Waals surface area contributed by atoms with Crippen molar-refractivity contribution in [2.24, 2.45) is 0 Å². The van der Waals surface area contributed by atoms with Crippen LogP contribution in [-0.4, -0.2) is 40.4 Å².